The average molecular weight is 469 g/mol. The van der Waals surface area contributed by atoms with Gasteiger partial charge in [0, 0.05) is 29.9 Å². The van der Waals surface area contributed by atoms with Crippen LogP contribution >= 0.6 is 0 Å². The molecule has 4 rings (SSSR count). The van der Waals surface area contributed by atoms with Crippen molar-refractivity contribution < 1.29 is 22.4 Å². The minimum atomic E-state index is -3.12. The second kappa shape index (κ2) is 9.47. The van der Waals surface area contributed by atoms with Crippen molar-refractivity contribution in [2.24, 2.45) is 5.84 Å². The van der Waals surface area contributed by atoms with E-state index in [-0.39, 0.29) is 37.2 Å². The topological polar surface area (TPSA) is 126 Å². The molecule has 1 saturated heterocycles. The second-order valence-electron chi connectivity index (χ2n) is 7.74. The van der Waals surface area contributed by atoms with Crippen molar-refractivity contribution in [2.75, 3.05) is 29.5 Å². The zero-order valence-electron chi connectivity index (χ0n) is 17.8. The number of hydrogen-bond acceptors (Lipinski definition) is 6. The van der Waals surface area contributed by atoms with Crippen molar-refractivity contribution in [2.45, 2.75) is 6.54 Å². The molecular formula is C23H24N4O5S. The Bertz CT molecular complexity index is 1230. The number of hydrogen-bond donors (Lipinski definition) is 2. The van der Waals surface area contributed by atoms with Gasteiger partial charge in [-0.15, -0.1) is 0 Å². The molecule has 3 amide bonds. The number of nitrogens with zero attached hydrogens (tertiary/aromatic N) is 2. The summed E-state index contributed by atoms with van der Waals surface area (Å²) in [5, 5.41) is 0. The normalized spacial score (nSPS) is 15.1. The summed E-state index contributed by atoms with van der Waals surface area (Å²) in [6.45, 7) is 0.533. The number of carbonyl (C=O) groups excluding carboxylic acids is 2. The van der Waals surface area contributed by atoms with Gasteiger partial charge in [0.15, 0.2) is 9.84 Å². The molecule has 0 unspecified atom stereocenters. The van der Waals surface area contributed by atoms with Crippen LogP contribution in [0.25, 0.3) is 11.1 Å². The molecule has 3 aromatic rings. The van der Waals surface area contributed by atoms with E-state index in [9.17, 15) is 18.0 Å². The van der Waals surface area contributed by atoms with Gasteiger partial charge in [-0.3, -0.25) is 15.1 Å². The van der Waals surface area contributed by atoms with E-state index in [4.69, 9.17) is 10.3 Å². The summed E-state index contributed by atoms with van der Waals surface area (Å²) < 4.78 is 28.9. The van der Waals surface area contributed by atoms with Crippen LogP contribution in [0.2, 0.25) is 0 Å². The number of nitrogens with one attached hydrogen (secondary N) is 1. The first-order valence-corrected chi connectivity index (χ1v) is 12.2. The third kappa shape index (κ3) is 5.24. The quantitative estimate of drug-likeness (QED) is 0.336. The Morgan fingerprint density at radius 1 is 1.03 bits per heavy atom. The summed E-state index contributed by atoms with van der Waals surface area (Å²) in [4.78, 5) is 28.4. The predicted octanol–water partition coefficient (Wildman–Crippen LogP) is 2.41. The van der Waals surface area contributed by atoms with Crippen LogP contribution in [0.4, 0.5) is 10.5 Å². The van der Waals surface area contributed by atoms with Crippen molar-refractivity contribution in [1.29, 1.82) is 0 Å². The molecule has 0 atom stereocenters. The fourth-order valence-electron chi connectivity index (χ4n) is 3.65. The highest BCUT2D eigenvalue weighted by molar-refractivity contribution is 7.91. The predicted molar refractivity (Wildman–Crippen MR) is 124 cm³/mol. The first-order chi connectivity index (χ1) is 15.9. The molecule has 33 heavy (non-hydrogen) atoms. The zero-order chi connectivity index (χ0) is 23.4. The van der Waals surface area contributed by atoms with E-state index < -0.39 is 15.7 Å². The molecule has 2 heterocycles. The summed E-state index contributed by atoms with van der Waals surface area (Å²) in [5.74, 6) is 4.68. The van der Waals surface area contributed by atoms with E-state index in [2.05, 4.69) is 5.43 Å². The number of anilines is 1. The highest BCUT2D eigenvalue weighted by atomic mass is 32.2. The lowest BCUT2D eigenvalue weighted by atomic mass is 10.1. The number of carbonyl (C=O) groups is 2. The number of benzene rings is 2. The summed E-state index contributed by atoms with van der Waals surface area (Å²) in [6.07, 6.45) is 3.21. The van der Waals surface area contributed by atoms with Crippen LogP contribution in [-0.2, 0) is 16.4 Å². The van der Waals surface area contributed by atoms with Gasteiger partial charge in [0.05, 0.1) is 30.6 Å². The van der Waals surface area contributed by atoms with E-state index in [1.54, 1.807) is 46.6 Å². The monoisotopic (exact) mass is 468 g/mol. The van der Waals surface area contributed by atoms with E-state index in [0.29, 0.717) is 11.3 Å². The van der Waals surface area contributed by atoms with Crippen molar-refractivity contribution in [3.8, 4) is 11.1 Å². The van der Waals surface area contributed by atoms with E-state index in [1.807, 2.05) is 30.3 Å². The Kier molecular flexibility index (Phi) is 6.47. The highest BCUT2D eigenvalue weighted by Gasteiger charge is 2.29. The molecule has 1 aliphatic rings. The summed E-state index contributed by atoms with van der Waals surface area (Å²) in [5.41, 5.74) is 5.72. The standard InChI is InChI=1S/C23H24N4O5S/c24-25-22(28)18-6-4-17(5-7-18)15-27(23(29)26-9-12-33(30,31)13-10-26)21-3-1-2-19(14-21)20-8-11-32-16-20/h1-8,11,14,16H,9-10,12-13,15,24H2,(H,25,28). The minimum absolute atomic E-state index is 0.0511. The third-order valence-electron chi connectivity index (χ3n) is 5.55. The lowest BCUT2D eigenvalue weighted by Gasteiger charge is -2.33. The molecule has 1 fully saturated rings. The molecule has 0 bridgehead atoms. The third-order valence-corrected chi connectivity index (χ3v) is 7.16. The van der Waals surface area contributed by atoms with E-state index in [0.717, 1.165) is 16.7 Å². The Labute approximate surface area is 191 Å². The lowest BCUT2D eigenvalue weighted by Crippen LogP contribution is -2.49. The van der Waals surface area contributed by atoms with E-state index in [1.165, 1.54) is 0 Å². The van der Waals surface area contributed by atoms with Crippen molar-refractivity contribution >= 4 is 27.5 Å². The van der Waals surface area contributed by atoms with Gasteiger partial charge in [0.1, 0.15) is 0 Å². The Balaban J connectivity index is 1.64. The lowest BCUT2D eigenvalue weighted by molar-refractivity contribution is 0.0953. The van der Waals surface area contributed by atoms with Gasteiger partial charge in [-0.25, -0.2) is 19.1 Å². The van der Waals surface area contributed by atoms with Crippen LogP contribution in [0.15, 0.2) is 71.5 Å². The summed E-state index contributed by atoms with van der Waals surface area (Å²) in [7, 11) is -3.12. The number of sulfone groups is 1. The first-order valence-electron chi connectivity index (χ1n) is 10.4. The Morgan fingerprint density at radius 2 is 1.76 bits per heavy atom. The molecule has 0 aliphatic carbocycles. The zero-order valence-corrected chi connectivity index (χ0v) is 18.6. The fourth-order valence-corrected chi connectivity index (χ4v) is 4.85. The fraction of sp³-hybridized carbons (Fsp3) is 0.217. The molecule has 10 heteroatoms. The molecule has 1 aromatic heterocycles. The smallest absolute Gasteiger partial charge is 0.324 e. The minimum Gasteiger partial charge on any atom is -0.472 e. The van der Waals surface area contributed by atoms with Crippen LogP contribution in [0, 0.1) is 0 Å². The second-order valence-corrected chi connectivity index (χ2v) is 10.0. The number of amides is 3. The number of furan rings is 1. The Hall–Kier alpha value is -3.63. The molecule has 0 spiro atoms. The largest absolute Gasteiger partial charge is 0.472 e. The van der Waals surface area contributed by atoms with Crippen LogP contribution in [0.1, 0.15) is 15.9 Å². The maximum Gasteiger partial charge on any atom is 0.324 e. The Morgan fingerprint density at radius 3 is 2.39 bits per heavy atom. The van der Waals surface area contributed by atoms with E-state index >= 15 is 0 Å². The maximum absolute atomic E-state index is 13.5. The molecule has 0 saturated carbocycles. The molecule has 9 nitrogen and oxygen atoms in total. The molecule has 172 valence electrons. The van der Waals surface area contributed by atoms with Gasteiger partial charge in [0.2, 0.25) is 0 Å². The summed E-state index contributed by atoms with van der Waals surface area (Å²) >= 11 is 0. The van der Waals surface area contributed by atoms with Crippen molar-refractivity contribution in [1.82, 2.24) is 10.3 Å². The van der Waals surface area contributed by atoms with Gasteiger partial charge in [-0.1, -0.05) is 24.3 Å². The van der Waals surface area contributed by atoms with Gasteiger partial charge >= 0.3 is 6.03 Å². The molecule has 1 aliphatic heterocycles. The van der Waals surface area contributed by atoms with Crippen molar-refractivity contribution in [3.05, 3.63) is 78.3 Å². The molecule has 0 radical (unpaired) electrons. The van der Waals surface area contributed by atoms with Crippen LogP contribution in [0.5, 0.6) is 0 Å². The average Bonchev–Trinajstić information content (AvgIpc) is 3.37. The number of nitrogen functional groups attached to an aromatic ring is 1. The molecule has 2 aromatic carbocycles. The molecular weight excluding hydrogens is 444 g/mol. The van der Waals surface area contributed by atoms with Crippen LogP contribution < -0.4 is 16.2 Å². The first kappa shape index (κ1) is 22.6. The summed E-state index contributed by atoms with van der Waals surface area (Å²) in [6, 6.07) is 15.8. The number of nitrogens with two attached hydrogens (primary N) is 1. The highest BCUT2D eigenvalue weighted by Crippen LogP contribution is 2.27. The maximum atomic E-state index is 13.5. The molecule has 3 N–H and O–H groups in total. The SMILES string of the molecule is NNC(=O)c1ccc(CN(C(=O)N2CCS(=O)(=O)CC2)c2cccc(-c3ccoc3)c2)cc1. The van der Waals surface area contributed by atoms with Gasteiger partial charge in [-0.05, 0) is 41.5 Å². The van der Waals surface area contributed by atoms with Crippen LogP contribution in [0.3, 0.4) is 0 Å². The van der Waals surface area contributed by atoms with Crippen LogP contribution in [-0.4, -0.2) is 49.9 Å². The number of rotatable bonds is 5. The van der Waals surface area contributed by atoms with Gasteiger partial charge in [-0.2, -0.15) is 0 Å². The van der Waals surface area contributed by atoms with Crippen molar-refractivity contribution in [3.63, 3.8) is 0 Å². The number of urea groups is 1. The van der Waals surface area contributed by atoms with Gasteiger partial charge in [0.25, 0.3) is 5.91 Å². The number of hydrazine groups is 1. The van der Waals surface area contributed by atoms with Gasteiger partial charge < -0.3 is 9.32 Å².